The molecule has 2 aromatic heterocycles. The average molecular weight is 371 g/mol. The largest absolute Gasteiger partial charge is 0.379 e. The molecule has 0 radical (unpaired) electrons. The second kappa shape index (κ2) is 9.96. The van der Waals surface area contributed by atoms with Gasteiger partial charge in [-0.3, -0.25) is 0 Å². The lowest BCUT2D eigenvalue weighted by Gasteiger charge is -2.11. The first-order chi connectivity index (χ1) is 13.3. The molecule has 0 spiro atoms. The van der Waals surface area contributed by atoms with Crippen LogP contribution in [0.5, 0.6) is 0 Å². The highest BCUT2D eigenvalue weighted by Gasteiger charge is 2.07. The normalized spacial score (nSPS) is 11.2. The van der Waals surface area contributed by atoms with E-state index >= 15 is 0 Å². The Kier molecular flexibility index (Phi) is 7.09. The minimum absolute atomic E-state index is 0.423. The third-order valence-corrected chi connectivity index (χ3v) is 3.91. The zero-order valence-electron chi connectivity index (χ0n) is 15.7. The number of hydrogen-bond donors (Lipinski definition) is 1. The number of aromatic nitrogens is 4. The van der Waals surface area contributed by atoms with Gasteiger partial charge < -0.3 is 19.5 Å². The molecule has 0 saturated heterocycles. The van der Waals surface area contributed by atoms with Gasteiger partial charge in [0.15, 0.2) is 0 Å². The molecule has 0 aliphatic heterocycles. The standard InChI is InChI=1S/C19H25N5O3/c1-3-26-7-8-27-12-16-6-4-5-15(9-16)11-20-18-10-17(13-25-2)23-19-21-14-22-24(18)19/h4-6,9-10,14,20H,3,7-8,11-13H2,1-2H3. The van der Waals surface area contributed by atoms with Gasteiger partial charge in [-0.1, -0.05) is 24.3 Å². The Morgan fingerprint density at radius 1 is 1.07 bits per heavy atom. The summed E-state index contributed by atoms with van der Waals surface area (Å²) in [5, 5.41) is 7.63. The molecule has 8 heteroatoms. The number of hydrogen-bond acceptors (Lipinski definition) is 7. The van der Waals surface area contributed by atoms with Crippen LogP contribution in [-0.4, -0.2) is 46.5 Å². The fourth-order valence-electron chi connectivity index (χ4n) is 2.68. The maximum atomic E-state index is 5.64. The predicted molar refractivity (Wildman–Crippen MR) is 101 cm³/mol. The Labute approximate surface area is 158 Å². The van der Waals surface area contributed by atoms with Crippen molar-refractivity contribution in [1.82, 2.24) is 19.6 Å². The SMILES string of the molecule is CCOCCOCc1cccc(CNc2cc(COC)nc3ncnn23)c1. The summed E-state index contributed by atoms with van der Waals surface area (Å²) in [4.78, 5) is 8.57. The summed E-state index contributed by atoms with van der Waals surface area (Å²) in [5.74, 6) is 1.37. The second-order valence-electron chi connectivity index (χ2n) is 5.96. The van der Waals surface area contributed by atoms with Crippen molar-refractivity contribution in [3.05, 3.63) is 53.5 Å². The molecule has 0 aliphatic carbocycles. The van der Waals surface area contributed by atoms with Crippen LogP contribution in [0.1, 0.15) is 23.7 Å². The topological polar surface area (TPSA) is 82.8 Å². The quantitative estimate of drug-likeness (QED) is 0.518. The van der Waals surface area contributed by atoms with E-state index in [0.29, 0.717) is 45.4 Å². The first-order valence-corrected chi connectivity index (χ1v) is 8.96. The smallest absolute Gasteiger partial charge is 0.254 e. The van der Waals surface area contributed by atoms with Crippen LogP contribution in [-0.2, 0) is 34.0 Å². The molecule has 1 aromatic carbocycles. The van der Waals surface area contributed by atoms with Gasteiger partial charge in [0.05, 0.1) is 32.1 Å². The van der Waals surface area contributed by atoms with Gasteiger partial charge in [-0.25, -0.2) is 4.98 Å². The molecule has 27 heavy (non-hydrogen) atoms. The third-order valence-electron chi connectivity index (χ3n) is 3.91. The Hall–Kier alpha value is -2.55. The van der Waals surface area contributed by atoms with Crippen LogP contribution in [0, 0.1) is 0 Å². The molecule has 0 amide bonds. The van der Waals surface area contributed by atoms with Crippen molar-refractivity contribution in [2.45, 2.75) is 26.7 Å². The van der Waals surface area contributed by atoms with E-state index in [4.69, 9.17) is 14.2 Å². The first-order valence-electron chi connectivity index (χ1n) is 8.96. The van der Waals surface area contributed by atoms with E-state index in [-0.39, 0.29) is 0 Å². The highest BCUT2D eigenvalue weighted by Crippen LogP contribution is 2.14. The van der Waals surface area contributed by atoms with E-state index in [0.717, 1.165) is 22.6 Å². The van der Waals surface area contributed by atoms with Gasteiger partial charge in [0.25, 0.3) is 5.78 Å². The first kappa shape index (κ1) is 19.2. The van der Waals surface area contributed by atoms with Gasteiger partial charge in [0.1, 0.15) is 12.1 Å². The summed E-state index contributed by atoms with van der Waals surface area (Å²) in [6.45, 7) is 5.55. The van der Waals surface area contributed by atoms with Gasteiger partial charge in [-0.05, 0) is 18.1 Å². The van der Waals surface area contributed by atoms with Crippen molar-refractivity contribution < 1.29 is 14.2 Å². The lowest BCUT2D eigenvalue weighted by molar-refractivity contribution is 0.0453. The van der Waals surface area contributed by atoms with Gasteiger partial charge >= 0.3 is 0 Å². The molecule has 8 nitrogen and oxygen atoms in total. The number of fused-ring (bicyclic) bond motifs is 1. The summed E-state index contributed by atoms with van der Waals surface area (Å²) < 4.78 is 17.8. The number of rotatable bonds is 11. The molecule has 3 rings (SSSR count). The van der Waals surface area contributed by atoms with Crippen LogP contribution in [0.2, 0.25) is 0 Å². The number of nitrogens with one attached hydrogen (secondary N) is 1. The van der Waals surface area contributed by atoms with Crippen LogP contribution in [0.4, 0.5) is 5.82 Å². The molecule has 0 saturated carbocycles. The molecule has 0 unspecified atom stereocenters. The van der Waals surface area contributed by atoms with Crippen LogP contribution in [0.3, 0.4) is 0 Å². The highest BCUT2D eigenvalue weighted by atomic mass is 16.5. The number of anilines is 1. The molecule has 2 heterocycles. The molecular formula is C19H25N5O3. The molecule has 0 atom stereocenters. The fourth-order valence-corrected chi connectivity index (χ4v) is 2.68. The number of methoxy groups -OCH3 is 1. The van der Waals surface area contributed by atoms with E-state index in [1.54, 1.807) is 11.6 Å². The van der Waals surface area contributed by atoms with Crippen molar-refractivity contribution in [3.8, 4) is 0 Å². The minimum atomic E-state index is 0.423. The van der Waals surface area contributed by atoms with Crippen LogP contribution >= 0.6 is 0 Å². The summed E-state index contributed by atoms with van der Waals surface area (Å²) in [7, 11) is 1.64. The Bertz CT molecular complexity index is 852. The minimum Gasteiger partial charge on any atom is -0.379 e. The van der Waals surface area contributed by atoms with E-state index in [9.17, 15) is 0 Å². The summed E-state index contributed by atoms with van der Waals surface area (Å²) in [6.07, 6.45) is 1.49. The lowest BCUT2D eigenvalue weighted by Crippen LogP contribution is -2.08. The van der Waals surface area contributed by atoms with Crippen LogP contribution in [0.15, 0.2) is 36.7 Å². The van der Waals surface area contributed by atoms with E-state index in [1.807, 2.05) is 19.1 Å². The predicted octanol–water partition coefficient (Wildman–Crippen LogP) is 2.44. The maximum absolute atomic E-state index is 5.64. The molecule has 0 aliphatic rings. The van der Waals surface area contributed by atoms with Gasteiger partial charge in [0, 0.05) is 26.3 Å². The van der Waals surface area contributed by atoms with Crippen molar-refractivity contribution in [2.24, 2.45) is 0 Å². The van der Waals surface area contributed by atoms with Crippen molar-refractivity contribution in [2.75, 3.05) is 32.2 Å². The van der Waals surface area contributed by atoms with Gasteiger partial charge in [0.2, 0.25) is 0 Å². The zero-order valence-corrected chi connectivity index (χ0v) is 15.7. The Balaban J connectivity index is 1.62. The fraction of sp³-hybridized carbons (Fsp3) is 0.421. The van der Waals surface area contributed by atoms with Gasteiger partial charge in [-0.2, -0.15) is 14.6 Å². The lowest BCUT2D eigenvalue weighted by atomic mass is 10.1. The van der Waals surface area contributed by atoms with Crippen molar-refractivity contribution >= 4 is 11.6 Å². The third kappa shape index (κ3) is 5.46. The molecule has 0 bridgehead atoms. The molecular weight excluding hydrogens is 346 g/mol. The summed E-state index contributed by atoms with van der Waals surface area (Å²) in [5.41, 5.74) is 3.09. The molecule has 0 fully saturated rings. The Morgan fingerprint density at radius 3 is 2.78 bits per heavy atom. The highest BCUT2D eigenvalue weighted by molar-refractivity contribution is 5.45. The number of ether oxygens (including phenoxy) is 3. The Morgan fingerprint density at radius 2 is 1.93 bits per heavy atom. The monoisotopic (exact) mass is 371 g/mol. The molecule has 1 N–H and O–H groups in total. The number of benzene rings is 1. The summed E-state index contributed by atoms with van der Waals surface area (Å²) >= 11 is 0. The van der Waals surface area contributed by atoms with Crippen molar-refractivity contribution in [3.63, 3.8) is 0 Å². The van der Waals surface area contributed by atoms with Crippen LogP contribution < -0.4 is 5.32 Å². The van der Waals surface area contributed by atoms with E-state index in [1.165, 1.54) is 6.33 Å². The van der Waals surface area contributed by atoms with Crippen LogP contribution in [0.25, 0.3) is 5.78 Å². The average Bonchev–Trinajstić information content (AvgIpc) is 3.15. The van der Waals surface area contributed by atoms with Gasteiger partial charge in [-0.15, -0.1) is 0 Å². The van der Waals surface area contributed by atoms with Crippen molar-refractivity contribution in [1.29, 1.82) is 0 Å². The van der Waals surface area contributed by atoms with E-state index in [2.05, 4.69) is 38.6 Å². The summed E-state index contributed by atoms with van der Waals surface area (Å²) in [6, 6.07) is 10.2. The zero-order chi connectivity index (χ0) is 18.9. The molecule has 144 valence electrons. The van der Waals surface area contributed by atoms with E-state index < -0.39 is 0 Å². The second-order valence-corrected chi connectivity index (χ2v) is 5.96. The molecule has 3 aromatic rings. The number of nitrogens with zero attached hydrogens (tertiary/aromatic N) is 4. The maximum Gasteiger partial charge on any atom is 0.254 e.